The van der Waals surface area contributed by atoms with Crippen molar-refractivity contribution in [1.82, 2.24) is 0 Å². The number of amides is 1. The van der Waals surface area contributed by atoms with E-state index in [9.17, 15) is 9.90 Å². The third-order valence-corrected chi connectivity index (χ3v) is 3.75. The molecule has 0 saturated carbocycles. The summed E-state index contributed by atoms with van der Waals surface area (Å²) in [5, 5.41) is 10.3. The Bertz CT molecular complexity index is 454. The highest BCUT2D eigenvalue weighted by molar-refractivity contribution is 6.42. The van der Waals surface area contributed by atoms with E-state index in [1.54, 1.807) is 18.2 Å². The molecule has 0 spiro atoms. The molecule has 0 radical (unpaired) electrons. The zero-order chi connectivity index (χ0) is 14.5. The van der Waals surface area contributed by atoms with E-state index in [4.69, 9.17) is 33.7 Å². The predicted octanol–water partition coefficient (Wildman–Crippen LogP) is 3.47. The molecule has 106 valence electrons. The molecule has 0 fully saturated rings. The zero-order valence-corrected chi connectivity index (χ0v) is 12.2. The smallest absolute Gasteiger partial charge is 0.405 e. The Labute approximate surface area is 122 Å². The zero-order valence-electron chi connectivity index (χ0n) is 10.7. The lowest BCUT2D eigenvalue weighted by Crippen LogP contribution is -2.38. The normalized spacial score (nSPS) is 13.9. The Morgan fingerprint density at radius 3 is 2.68 bits per heavy atom. The van der Waals surface area contributed by atoms with Crippen LogP contribution in [0.1, 0.15) is 31.7 Å². The van der Waals surface area contributed by atoms with E-state index in [1.165, 1.54) is 0 Å². The standard InChI is InChI=1S/C13H17Cl2NO3/c1-2-3-7-13(8-17,19-12(16)18)9-5-4-6-10(14)11(9)15/h4-6,17H,2-3,7-8H2,1H3,(H2,16,18). The first kappa shape index (κ1) is 16.1. The number of aliphatic hydroxyl groups is 1. The summed E-state index contributed by atoms with van der Waals surface area (Å²) in [6, 6.07) is 4.98. The molecule has 1 aromatic carbocycles. The number of aliphatic hydroxyl groups excluding tert-OH is 1. The van der Waals surface area contributed by atoms with Crippen molar-refractivity contribution in [1.29, 1.82) is 0 Å². The number of hydrogen-bond acceptors (Lipinski definition) is 3. The van der Waals surface area contributed by atoms with E-state index >= 15 is 0 Å². The second-order valence-electron chi connectivity index (χ2n) is 4.28. The largest absolute Gasteiger partial charge is 0.436 e. The Kier molecular flexibility index (Phi) is 5.91. The van der Waals surface area contributed by atoms with Gasteiger partial charge in [0.25, 0.3) is 0 Å². The highest BCUT2D eigenvalue weighted by Crippen LogP contribution is 2.38. The summed E-state index contributed by atoms with van der Waals surface area (Å²) in [4.78, 5) is 11.1. The highest BCUT2D eigenvalue weighted by Gasteiger charge is 2.37. The number of hydrogen-bond donors (Lipinski definition) is 2. The fourth-order valence-electron chi connectivity index (χ4n) is 1.95. The van der Waals surface area contributed by atoms with Gasteiger partial charge in [0, 0.05) is 5.56 Å². The van der Waals surface area contributed by atoms with Crippen LogP contribution in [-0.2, 0) is 10.3 Å². The molecule has 6 heteroatoms. The summed E-state index contributed by atoms with van der Waals surface area (Å²) in [5.74, 6) is 0. The molecule has 1 rings (SSSR count). The molecule has 4 nitrogen and oxygen atoms in total. The Hall–Kier alpha value is -0.970. The van der Waals surface area contributed by atoms with Gasteiger partial charge in [0.05, 0.1) is 16.7 Å². The second-order valence-corrected chi connectivity index (χ2v) is 5.06. The molecule has 0 aliphatic heterocycles. The number of benzene rings is 1. The quantitative estimate of drug-likeness (QED) is 0.845. The molecule has 1 unspecified atom stereocenters. The van der Waals surface area contributed by atoms with Crippen LogP contribution < -0.4 is 5.73 Å². The summed E-state index contributed by atoms with van der Waals surface area (Å²) >= 11 is 12.1. The first-order valence-corrected chi connectivity index (χ1v) is 6.76. The van der Waals surface area contributed by atoms with Gasteiger partial charge < -0.3 is 15.6 Å². The van der Waals surface area contributed by atoms with Crippen LogP contribution in [0.15, 0.2) is 18.2 Å². The molecular weight excluding hydrogens is 289 g/mol. The van der Waals surface area contributed by atoms with Crippen LogP contribution in [0.3, 0.4) is 0 Å². The van der Waals surface area contributed by atoms with E-state index in [0.29, 0.717) is 17.0 Å². The third kappa shape index (κ3) is 3.75. The van der Waals surface area contributed by atoms with E-state index in [1.807, 2.05) is 6.92 Å². The molecule has 1 amide bonds. The van der Waals surface area contributed by atoms with Crippen LogP contribution >= 0.6 is 23.2 Å². The number of carbonyl (C=O) groups is 1. The molecule has 0 bridgehead atoms. The maximum Gasteiger partial charge on any atom is 0.405 e. The summed E-state index contributed by atoms with van der Waals surface area (Å²) in [5.41, 5.74) is 4.33. The molecule has 3 N–H and O–H groups in total. The number of nitrogens with two attached hydrogens (primary N) is 1. The van der Waals surface area contributed by atoms with Gasteiger partial charge in [0.1, 0.15) is 0 Å². The predicted molar refractivity (Wildman–Crippen MR) is 75.4 cm³/mol. The summed E-state index contributed by atoms with van der Waals surface area (Å²) in [6.07, 6.45) is 1.09. The topological polar surface area (TPSA) is 72.6 Å². The van der Waals surface area contributed by atoms with Crippen LogP contribution in [0.4, 0.5) is 4.79 Å². The molecule has 0 saturated heterocycles. The SMILES string of the molecule is CCCCC(CO)(OC(N)=O)c1cccc(Cl)c1Cl. The maximum atomic E-state index is 11.1. The molecular formula is C13H17Cl2NO3. The minimum atomic E-state index is -1.25. The van der Waals surface area contributed by atoms with Gasteiger partial charge in [-0.2, -0.15) is 0 Å². The van der Waals surface area contributed by atoms with Crippen molar-refractivity contribution in [3.8, 4) is 0 Å². The lowest BCUT2D eigenvalue weighted by atomic mass is 9.89. The van der Waals surface area contributed by atoms with Crippen LogP contribution in [0, 0.1) is 0 Å². The maximum absolute atomic E-state index is 11.1. The van der Waals surface area contributed by atoms with Gasteiger partial charge in [-0.3, -0.25) is 0 Å². The number of ether oxygens (including phenoxy) is 1. The van der Waals surface area contributed by atoms with Crippen molar-refractivity contribution in [2.45, 2.75) is 31.8 Å². The van der Waals surface area contributed by atoms with E-state index in [0.717, 1.165) is 12.8 Å². The molecule has 19 heavy (non-hydrogen) atoms. The van der Waals surface area contributed by atoms with Crippen molar-refractivity contribution in [2.24, 2.45) is 5.73 Å². The lowest BCUT2D eigenvalue weighted by Gasteiger charge is -2.32. The molecule has 0 aliphatic carbocycles. The lowest BCUT2D eigenvalue weighted by molar-refractivity contribution is -0.0383. The van der Waals surface area contributed by atoms with E-state index in [2.05, 4.69) is 0 Å². The average Bonchev–Trinajstić information content (AvgIpc) is 2.37. The van der Waals surface area contributed by atoms with Gasteiger partial charge in [-0.15, -0.1) is 0 Å². The minimum absolute atomic E-state index is 0.260. The number of carbonyl (C=O) groups excluding carboxylic acids is 1. The van der Waals surface area contributed by atoms with Crippen LogP contribution in [-0.4, -0.2) is 17.8 Å². The molecule has 1 aromatic rings. The molecule has 0 heterocycles. The fourth-order valence-corrected chi connectivity index (χ4v) is 2.42. The van der Waals surface area contributed by atoms with Crippen molar-refractivity contribution < 1.29 is 14.6 Å². The highest BCUT2D eigenvalue weighted by atomic mass is 35.5. The molecule has 1 atom stereocenters. The van der Waals surface area contributed by atoms with Crippen molar-refractivity contribution in [3.05, 3.63) is 33.8 Å². The van der Waals surface area contributed by atoms with Gasteiger partial charge in [-0.05, 0) is 18.9 Å². The molecule has 0 aromatic heterocycles. The monoisotopic (exact) mass is 305 g/mol. The number of halogens is 2. The summed E-state index contributed by atoms with van der Waals surface area (Å²) in [7, 11) is 0. The van der Waals surface area contributed by atoms with E-state index in [-0.39, 0.29) is 5.02 Å². The van der Waals surface area contributed by atoms with Gasteiger partial charge in [-0.1, -0.05) is 48.7 Å². The third-order valence-electron chi connectivity index (χ3n) is 2.93. The van der Waals surface area contributed by atoms with Gasteiger partial charge >= 0.3 is 6.09 Å². The Balaban J connectivity index is 3.27. The van der Waals surface area contributed by atoms with Crippen molar-refractivity contribution >= 4 is 29.3 Å². The minimum Gasteiger partial charge on any atom is -0.436 e. The second kappa shape index (κ2) is 6.98. The molecule has 0 aliphatic rings. The first-order valence-electron chi connectivity index (χ1n) is 6.00. The van der Waals surface area contributed by atoms with E-state index < -0.39 is 18.3 Å². The van der Waals surface area contributed by atoms with Crippen LogP contribution in [0.25, 0.3) is 0 Å². The van der Waals surface area contributed by atoms with Crippen molar-refractivity contribution in [3.63, 3.8) is 0 Å². The number of rotatable bonds is 6. The van der Waals surface area contributed by atoms with Crippen LogP contribution in [0.2, 0.25) is 10.0 Å². The van der Waals surface area contributed by atoms with Gasteiger partial charge in [0.2, 0.25) is 0 Å². The Morgan fingerprint density at radius 2 is 2.16 bits per heavy atom. The Morgan fingerprint density at radius 1 is 1.47 bits per heavy atom. The van der Waals surface area contributed by atoms with Crippen molar-refractivity contribution in [2.75, 3.05) is 6.61 Å². The number of primary amides is 1. The average molecular weight is 306 g/mol. The van der Waals surface area contributed by atoms with Gasteiger partial charge in [-0.25, -0.2) is 4.79 Å². The van der Waals surface area contributed by atoms with Gasteiger partial charge in [0.15, 0.2) is 5.60 Å². The van der Waals surface area contributed by atoms with Crippen LogP contribution in [0.5, 0.6) is 0 Å². The summed E-state index contributed by atoms with van der Waals surface area (Å²) in [6.45, 7) is 1.59. The fraction of sp³-hybridized carbons (Fsp3) is 0.462. The number of unbranched alkanes of at least 4 members (excludes halogenated alkanes) is 1. The summed E-state index contributed by atoms with van der Waals surface area (Å²) < 4.78 is 5.16. The first-order chi connectivity index (χ1) is 8.96.